The van der Waals surface area contributed by atoms with Gasteiger partial charge in [-0.3, -0.25) is 4.79 Å². The van der Waals surface area contributed by atoms with Crippen molar-refractivity contribution in [3.05, 3.63) is 18.2 Å². The van der Waals surface area contributed by atoms with E-state index >= 15 is 0 Å². The SMILES string of the molecule is N#CN1C(=O)CSc2ccc(N)cc21. The molecule has 0 radical (unpaired) electrons. The van der Waals surface area contributed by atoms with Crippen molar-refractivity contribution < 1.29 is 4.79 Å². The van der Waals surface area contributed by atoms with Crippen LogP contribution in [0.4, 0.5) is 11.4 Å². The average molecular weight is 205 g/mol. The third-order valence-corrected chi connectivity index (χ3v) is 2.97. The molecule has 14 heavy (non-hydrogen) atoms. The minimum absolute atomic E-state index is 0.199. The molecule has 4 nitrogen and oxygen atoms in total. The Balaban J connectivity index is 2.55. The highest BCUT2D eigenvalue weighted by molar-refractivity contribution is 8.00. The van der Waals surface area contributed by atoms with E-state index in [0.717, 1.165) is 9.80 Å². The van der Waals surface area contributed by atoms with E-state index in [0.29, 0.717) is 17.1 Å². The Morgan fingerprint density at radius 2 is 2.36 bits per heavy atom. The summed E-state index contributed by atoms with van der Waals surface area (Å²) < 4.78 is 0. The van der Waals surface area contributed by atoms with Crippen molar-refractivity contribution in [1.29, 1.82) is 5.26 Å². The number of thioether (sulfide) groups is 1. The van der Waals surface area contributed by atoms with E-state index in [2.05, 4.69) is 0 Å². The van der Waals surface area contributed by atoms with E-state index in [1.807, 2.05) is 12.3 Å². The van der Waals surface area contributed by atoms with Gasteiger partial charge < -0.3 is 5.73 Å². The van der Waals surface area contributed by atoms with E-state index in [1.165, 1.54) is 11.8 Å². The molecule has 2 rings (SSSR count). The van der Waals surface area contributed by atoms with Crippen molar-refractivity contribution in [2.75, 3.05) is 16.4 Å². The van der Waals surface area contributed by atoms with Gasteiger partial charge in [0.15, 0.2) is 6.19 Å². The predicted octanol–water partition coefficient (Wildman–Crippen LogP) is 1.19. The van der Waals surface area contributed by atoms with Crippen LogP contribution >= 0.6 is 11.8 Å². The number of nitrogens with two attached hydrogens (primary N) is 1. The summed E-state index contributed by atoms with van der Waals surface area (Å²) in [5.41, 5.74) is 6.73. The number of hydrogen-bond donors (Lipinski definition) is 1. The maximum Gasteiger partial charge on any atom is 0.250 e. The van der Waals surface area contributed by atoms with Crippen LogP contribution in [0.15, 0.2) is 23.1 Å². The average Bonchev–Trinajstić information content (AvgIpc) is 2.17. The van der Waals surface area contributed by atoms with E-state index in [9.17, 15) is 4.79 Å². The van der Waals surface area contributed by atoms with Crippen LogP contribution < -0.4 is 10.6 Å². The molecule has 0 unspecified atom stereocenters. The van der Waals surface area contributed by atoms with Crippen molar-refractivity contribution in [3.8, 4) is 6.19 Å². The van der Waals surface area contributed by atoms with Crippen molar-refractivity contribution in [2.24, 2.45) is 0 Å². The van der Waals surface area contributed by atoms with Crippen LogP contribution in [0.2, 0.25) is 0 Å². The topological polar surface area (TPSA) is 70.1 Å². The van der Waals surface area contributed by atoms with Crippen molar-refractivity contribution in [3.63, 3.8) is 0 Å². The van der Waals surface area contributed by atoms with Gasteiger partial charge in [0.2, 0.25) is 0 Å². The first-order chi connectivity index (χ1) is 6.72. The first-order valence-corrected chi connectivity index (χ1v) is 4.96. The number of nitrogen functional groups attached to an aromatic ring is 1. The molecule has 1 aliphatic rings. The smallest absolute Gasteiger partial charge is 0.250 e. The molecule has 1 aromatic rings. The lowest BCUT2D eigenvalue weighted by atomic mass is 10.2. The molecule has 0 bridgehead atoms. The molecule has 0 aromatic heterocycles. The highest BCUT2D eigenvalue weighted by Gasteiger charge is 2.24. The fraction of sp³-hybridized carbons (Fsp3) is 0.111. The largest absolute Gasteiger partial charge is 0.399 e. The minimum Gasteiger partial charge on any atom is -0.399 e. The first kappa shape index (κ1) is 8.91. The van der Waals surface area contributed by atoms with E-state index in [4.69, 9.17) is 11.0 Å². The number of nitrogens with zero attached hydrogens (tertiary/aromatic N) is 2. The second-order valence-corrected chi connectivity index (χ2v) is 3.86. The van der Waals surface area contributed by atoms with Gasteiger partial charge in [-0.25, -0.2) is 4.90 Å². The minimum atomic E-state index is -0.199. The second kappa shape index (κ2) is 3.24. The van der Waals surface area contributed by atoms with E-state index in [-0.39, 0.29) is 5.91 Å². The molecule has 2 N–H and O–H groups in total. The monoisotopic (exact) mass is 205 g/mol. The zero-order chi connectivity index (χ0) is 10.1. The zero-order valence-corrected chi connectivity index (χ0v) is 8.04. The molecule has 5 heteroatoms. The standard InChI is InChI=1S/C9H7N3OS/c10-5-12-7-3-6(11)1-2-8(7)14-4-9(12)13/h1-3H,4,11H2. The third-order valence-electron chi connectivity index (χ3n) is 1.92. The molecule has 0 saturated carbocycles. The number of amides is 1. The molecule has 1 heterocycles. The van der Waals surface area contributed by atoms with Crippen LogP contribution in [0.1, 0.15) is 0 Å². The van der Waals surface area contributed by atoms with Gasteiger partial charge >= 0.3 is 0 Å². The van der Waals surface area contributed by atoms with Gasteiger partial charge in [0.25, 0.3) is 5.91 Å². The van der Waals surface area contributed by atoms with Crippen molar-refractivity contribution >= 4 is 29.0 Å². The first-order valence-electron chi connectivity index (χ1n) is 3.97. The summed E-state index contributed by atoms with van der Waals surface area (Å²) in [6.07, 6.45) is 1.85. The summed E-state index contributed by atoms with van der Waals surface area (Å²) in [5.74, 6) is 0.111. The summed E-state index contributed by atoms with van der Waals surface area (Å²) in [5, 5.41) is 8.80. The van der Waals surface area contributed by atoms with Crippen LogP contribution in [-0.2, 0) is 4.79 Å². The molecule has 0 spiro atoms. The molecule has 0 saturated heterocycles. The Morgan fingerprint density at radius 1 is 1.57 bits per heavy atom. The van der Waals surface area contributed by atoms with Gasteiger partial charge in [-0.05, 0) is 18.2 Å². The number of benzene rings is 1. The van der Waals surface area contributed by atoms with Gasteiger partial charge in [-0.15, -0.1) is 11.8 Å². The molecular formula is C9H7N3OS. The van der Waals surface area contributed by atoms with Crippen LogP contribution in [0.3, 0.4) is 0 Å². The van der Waals surface area contributed by atoms with Crippen molar-refractivity contribution in [2.45, 2.75) is 4.90 Å². The number of rotatable bonds is 0. The molecule has 0 fully saturated rings. The number of anilines is 2. The molecular weight excluding hydrogens is 198 g/mol. The lowest BCUT2D eigenvalue weighted by Gasteiger charge is -2.22. The zero-order valence-electron chi connectivity index (χ0n) is 7.23. The summed E-state index contributed by atoms with van der Waals surface area (Å²) in [6.45, 7) is 0. The number of carbonyl (C=O) groups excluding carboxylic acids is 1. The Hall–Kier alpha value is -1.67. The maximum atomic E-state index is 11.3. The van der Waals surface area contributed by atoms with Gasteiger partial charge in [-0.2, -0.15) is 5.26 Å². The maximum absolute atomic E-state index is 11.3. The number of nitriles is 1. The highest BCUT2D eigenvalue weighted by atomic mass is 32.2. The molecule has 1 aliphatic heterocycles. The highest BCUT2D eigenvalue weighted by Crippen LogP contribution is 2.35. The molecule has 0 aliphatic carbocycles. The third kappa shape index (κ3) is 1.30. The lowest BCUT2D eigenvalue weighted by molar-refractivity contribution is -0.115. The molecule has 1 amide bonds. The fourth-order valence-corrected chi connectivity index (χ4v) is 2.15. The van der Waals surface area contributed by atoms with Crippen molar-refractivity contribution in [1.82, 2.24) is 0 Å². The van der Waals surface area contributed by atoms with E-state index < -0.39 is 0 Å². The Bertz CT molecular complexity index is 438. The molecule has 70 valence electrons. The van der Waals surface area contributed by atoms with Gasteiger partial charge in [0, 0.05) is 10.6 Å². The van der Waals surface area contributed by atoms with Crippen LogP contribution in [-0.4, -0.2) is 11.7 Å². The van der Waals surface area contributed by atoms with Crippen LogP contribution in [0, 0.1) is 11.5 Å². The normalized spacial score (nSPS) is 14.8. The van der Waals surface area contributed by atoms with Gasteiger partial charge in [0.05, 0.1) is 11.4 Å². The molecule has 0 atom stereocenters. The van der Waals surface area contributed by atoms with Crippen LogP contribution in [0.25, 0.3) is 0 Å². The lowest BCUT2D eigenvalue weighted by Crippen LogP contribution is -2.30. The summed E-state index contributed by atoms with van der Waals surface area (Å²) in [7, 11) is 0. The van der Waals surface area contributed by atoms with Gasteiger partial charge in [-0.1, -0.05) is 0 Å². The molecule has 1 aromatic carbocycles. The Labute approximate surface area is 85.3 Å². The summed E-state index contributed by atoms with van der Waals surface area (Å²) in [6, 6.07) is 5.23. The summed E-state index contributed by atoms with van der Waals surface area (Å²) >= 11 is 1.43. The van der Waals surface area contributed by atoms with Gasteiger partial charge in [0.1, 0.15) is 0 Å². The van der Waals surface area contributed by atoms with E-state index in [1.54, 1.807) is 12.1 Å². The van der Waals surface area contributed by atoms with Crippen LogP contribution in [0.5, 0.6) is 0 Å². The number of carbonyl (C=O) groups is 1. The number of hydrogen-bond acceptors (Lipinski definition) is 4. The quantitative estimate of drug-likeness (QED) is 0.510. The summed E-state index contributed by atoms with van der Waals surface area (Å²) in [4.78, 5) is 13.3. The fourth-order valence-electron chi connectivity index (χ4n) is 1.28. The Morgan fingerprint density at radius 3 is 3.07 bits per heavy atom. The predicted molar refractivity (Wildman–Crippen MR) is 54.7 cm³/mol. The number of fused-ring (bicyclic) bond motifs is 1. The Kier molecular flexibility index (Phi) is 2.06. The second-order valence-electron chi connectivity index (χ2n) is 2.84.